The summed E-state index contributed by atoms with van der Waals surface area (Å²) in [6, 6.07) is 11.0. The summed E-state index contributed by atoms with van der Waals surface area (Å²) in [5.41, 5.74) is 2.69. The molecule has 77 valence electrons. The highest BCUT2D eigenvalue weighted by molar-refractivity contribution is 6.80. The van der Waals surface area contributed by atoms with Crippen molar-refractivity contribution < 1.29 is 0 Å². The Bertz CT molecular complexity index is 299. The first-order valence-corrected chi connectivity index (χ1v) is 8.60. The molecule has 1 aromatic carbocycles. The van der Waals surface area contributed by atoms with Gasteiger partial charge in [-0.3, -0.25) is 0 Å². The van der Waals surface area contributed by atoms with E-state index in [0.717, 1.165) is 0 Å². The van der Waals surface area contributed by atoms with Crippen molar-refractivity contribution in [1.29, 1.82) is 0 Å². The Morgan fingerprint density at radius 1 is 1.07 bits per heavy atom. The quantitative estimate of drug-likeness (QED) is 0.687. The molecule has 0 atom stereocenters. The lowest BCUT2D eigenvalue weighted by molar-refractivity contribution is 1.12. The van der Waals surface area contributed by atoms with Gasteiger partial charge in [0.15, 0.2) is 0 Å². The van der Waals surface area contributed by atoms with Gasteiger partial charge in [-0.2, -0.15) is 0 Å². The van der Waals surface area contributed by atoms with Crippen LogP contribution in [0.1, 0.15) is 5.56 Å². The largest absolute Gasteiger partial charge is 0.377 e. The van der Waals surface area contributed by atoms with Gasteiger partial charge < -0.3 is 4.90 Å². The molecule has 1 radical (unpaired) electrons. The highest BCUT2D eigenvalue weighted by Gasteiger charge is 2.16. The fourth-order valence-corrected chi connectivity index (χ4v) is 2.66. The van der Waals surface area contributed by atoms with Crippen molar-refractivity contribution in [3.05, 3.63) is 35.9 Å². The summed E-state index contributed by atoms with van der Waals surface area (Å²) in [4.78, 5) is 2.17. The number of hydrogen-bond donors (Lipinski definition) is 0. The fraction of sp³-hybridized carbons (Fsp3) is 0.417. The summed E-state index contributed by atoms with van der Waals surface area (Å²) in [6.45, 7) is 7.08. The van der Waals surface area contributed by atoms with Crippen LogP contribution in [0, 0.1) is 6.04 Å². The van der Waals surface area contributed by atoms with Crippen LogP contribution in [-0.4, -0.2) is 22.2 Å². The summed E-state index contributed by atoms with van der Waals surface area (Å²) in [5, 5.41) is 0. The average Bonchev–Trinajstić information content (AvgIpc) is 2.01. The third-order valence-electron chi connectivity index (χ3n) is 2.01. The standard InChI is InChI=1S/C12H20NSi/c1-13(2)12-9-7-6-8-11(12)10-14(3,4)5/h6-10H,1-5H3. The molecule has 0 aliphatic carbocycles. The summed E-state index contributed by atoms with van der Waals surface area (Å²) in [5.74, 6) is 0. The van der Waals surface area contributed by atoms with Crippen LogP contribution >= 0.6 is 0 Å². The van der Waals surface area contributed by atoms with Crippen molar-refractivity contribution in [2.75, 3.05) is 19.0 Å². The molecule has 0 spiro atoms. The second-order valence-electron chi connectivity index (χ2n) is 4.96. The smallest absolute Gasteiger partial charge is 0.0526 e. The average molecular weight is 206 g/mol. The summed E-state index contributed by atoms with van der Waals surface area (Å²) >= 11 is 0. The van der Waals surface area contributed by atoms with E-state index < -0.39 is 8.07 Å². The molecule has 0 heterocycles. The zero-order chi connectivity index (χ0) is 10.8. The van der Waals surface area contributed by atoms with E-state index in [-0.39, 0.29) is 0 Å². The van der Waals surface area contributed by atoms with Crippen LogP contribution in [0.5, 0.6) is 0 Å². The lowest BCUT2D eigenvalue weighted by Crippen LogP contribution is -2.23. The van der Waals surface area contributed by atoms with Gasteiger partial charge in [0, 0.05) is 19.8 Å². The maximum Gasteiger partial charge on any atom is 0.0526 e. The van der Waals surface area contributed by atoms with Crippen molar-refractivity contribution in [3.63, 3.8) is 0 Å². The number of nitrogens with zero attached hydrogens (tertiary/aromatic N) is 1. The molecular weight excluding hydrogens is 186 g/mol. The Balaban J connectivity index is 2.96. The van der Waals surface area contributed by atoms with E-state index in [1.807, 2.05) is 0 Å². The topological polar surface area (TPSA) is 3.24 Å². The van der Waals surface area contributed by atoms with Crippen LogP contribution in [0.25, 0.3) is 0 Å². The SMILES string of the molecule is CN(C)c1ccccc1[CH][Si](C)(C)C. The van der Waals surface area contributed by atoms with E-state index in [4.69, 9.17) is 0 Å². The lowest BCUT2D eigenvalue weighted by Gasteiger charge is -2.21. The monoisotopic (exact) mass is 206 g/mol. The van der Waals surface area contributed by atoms with Gasteiger partial charge in [0.05, 0.1) is 8.07 Å². The van der Waals surface area contributed by atoms with Gasteiger partial charge >= 0.3 is 0 Å². The maximum atomic E-state index is 2.45. The highest BCUT2D eigenvalue weighted by atomic mass is 28.3. The Hall–Kier alpha value is -0.763. The van der Waals surface area contributed by atoms with Gasteiger partial charge in [0.25, 0.3) is 0 Å². The van der Waals surface area contributed by atoms with Crippen LogP contribution in [0.2, 0.25) is 19.6 Å². The number of hydrogen-bond acceptors (Lipinski definition) is 1. The van der Waals surface area contributed by atoms with Crippen LogP contribution < -0.4 is 4.90 Å². The lowest BCUT2D eigenvalue weighted by atomic mass is 10.2. The molecule has 1 aromatic rings. The van der Waals surface area contributed by atoms with Crippen molar-refractivity contribution in [2.24, 2.45) is 0 Å². The van der Waals surface area contributed by atoms with E-state index in [2.05, 4.69) is 68.9 Å². The molecule has 2 heteroatoms. The molecule has 0 saturated carbocycles. The minimum absolute atomic E-state index is 1.13. The molecular formula is C12H20NSi. The van der Waals surface area contributed by atoms with Gasteiger partial charge in [0.1, 0.15) is 0 Å². The van der Waals surface area contributed by atoms with E-state index in [9.17, 15) is 0 Å². The van der Waals surface area contributed by atoms with E-state index >= 15 is 0 Å². The van der Waals surface area contributed by atoms with Crippen molar-refractivity contribution in [2.45, 2.75) is 19.6 Å². The molecule has 0 bridgehead atoms. The van der Waals surface area contributed by atoms with Crippen molar-refractivity contribution >= 4 is 13.8 Å². The minimum Gasteiger partial charge on any atom is -0.377 e. The molecule has 1 rings (SSSR count). The number of para-hydroxylation sites is 1. The number of rotatable bonds is 3. The van der Waals surface area contributed by atoms with Gasteiger partial charge in [-0.1, -0.05) is 37.8 Å². The van der Waals surface area contributed by atoms with Crippen molar-refractivity contribution in [1.82, 2.24) is 0 Å². The zero-order valence-electron chi connectivity index (χ0n) is 9.83. The predicted octanol–water partition coefficient (Wildman–Crippen LogP) is 3.18. The first-order chi connectivity index (χ1) is 6.40. The molecule has 0 aromatic heterocycles. The third-order valence-corrected chi connectivity index (χ3v) is 3.18. The predicted molar refractivity (Wildman–Crippen MR) is 67.5 cm³/mol. The molecule has 0 aliphatic rings. The first-order valence-electron chi connectivity index (χ1n) is 5.02. The van der Waals surface area contributed by atoms with E-state index in [1.165, 1.54) is 11.3 Å². The molecule has 14 heavy (non-hydrogen) atoms. The number of benzene rings is 1. The molecule has 1 nitrogen and oxygen atoms in total. The van der Waals surface area contributed by atoms with Crippen molar-refractivity contribution in [3.8, 4) is 0 Å². The summed E-state index contributed by atoms with van der Waals surface area (Å²) in [7, 11) is 3.06. The van der Waals surface area contributed by atoms with Crippen LogP contribution in [-0.2, 0) is 0 Å². The van der Waals surface area contributed by atoms with Gasteiger partial charge in [0.2, 0.25) is 0 Å². The second kappa shape index (κ2) is 4.18. The number of anilines is 1. The third kappa shape index (κ3) is 3.18. The van der Waals surface area contributed by atoms with Crippen LogP contribution in [0.15, 0.2) is 24.3 Å². The summed E-state index contributed by atoms with van der Waals surface area (Å²) < 4.78 is 0. The molecule has 0 fully saturated rings. The van der Waals surface area contributed by atoms with Crippen LogP contribution in [0.3, 0.4) is 0 Å². The highest BCUT2D eigenvalue weighted by Crippen LogP contribution is 2.23. The van der Waals surface area contributed by atoms with Gasteiger partial charge in [-0.05, 0) is 17.7 Å². The Kier molecular flexibility index (Phi) is 3.37. The fourth-order valence-electron chi connectivity index (χ4n) is 1.48. The van der Waals surface area contributed by atoms with Gasteiger partial charge in [-0.25, -0.2) is 0 Å². The molecule has 0 unspecified atom stereocenters. The van der Waals surface area contributed by atoms with E-state index in [1.54, 1.807) is 0 Å². The van der Waals surface area contributed by atoms with E-state index in [0.29, 0.717) is 0 Å². The van der Waals surface area contributed by atoms with Crippen LogP contribution in [0.4, 0.5) is 5.69 Å². The molecule has 0 aliphatic heterocycles. The first kappa shape index (κ1) is 11.3. The summed E-state index contributed by atoms with van der Waals surface area (Å²) in [6.07, 6.45) is 0. The zero-order valence-corrected chi connectivity index (χ0v) is 10.8. The second-order valence-corrected chi connectivity index (χ2v) is 9.98. The minimum atomic E-state index is -1.13. The molecule has 0 N–H and O–H groups in total. The molecule has 0 saturated heterocycles. The Labute approximate surface area is 88.8 Å². The Morgan fingerprint density at radius 2 is 1.64 bits per heavy atom. The maximum absolute atomic E-state index is 2.45. The van der Waals surface area contributed by atoms with Gasteiger partial charge in [-0.15, -0.1) is 0 Å². The Morgan fingerprint density at radius 3 is 2.14 bits per heavy atom. The normalized spacial score (nSPS) is 11.5. The molecule has 0 amide bonds.